The Kier molecular flexibility index (Phi) is 2.19. The van der Waals surface area contributed by atoms with Crippen molar-refractivity contribution in [3.63, 3.8) is 0 Å². The van der Waals surface area contributed by atoms with E-state index in [0.717, 1.165) is 28.2 Å². The number of aromatic amines is 1. The number of anilines is 1. The maximum Gasteiger partial charge on any atom is 0.129 e. The van der Waals surface area contributed by atoms with Crippen molar-refractivity contribution >= 4 is 16.7 Å². The predicted octanol–water partition coefficient (Wildman–Crippen LogP) is 2.94. The van der Waals surface area contributed by atoms with Gasteiger partial charge in [0, 0.05) is 11.8 Å². The molecular formula is C13H11N3O. The second kappa shape index (κ2) is 3.83. The molecule has 0 aliphatic heterocycles. The number of aromatic nitrogens is 2. The summed E-state index contributed by atoms with van der Waals surface area (Å²) < 4.78 is 5.71. The summed E-state index contributed by atoms with van der Waals surface area (Å²) in [7, 11) is 0. The van der Waals surface area contributed by atoms with E-state index in [-0.39, 0.29) is 0 Å². The van der Waals surface area contributed by atoms with Crippen LogP contribution in [0.5, 0.6) is 11.5 Å². The number of nitrogens with one attached hydrogen (secondary N) is 1. The fourth-order valence-corrected chi connectivity index (χ4v) is 1.65. The number of nitrogens with two attached hydrogens (primary N) is 1. The van der Waals surface area contributed by atoms with Crippen LogP contribution in [-0.2, 0) is 0 Å². The molecule has 0 aliphatic carbocycles. The second-order valence-corrected chi connectivity index (χ2v) is 3.75. The summed E-state index contributed by atoms with van der Waals surface area (Å²) in [6, 6.07) is 13.0. The molecule has 4 heteroatoms. The number of benzene rings is 2. The fourth-order valence-electron chi connectivity index (χ4n) is 1.65. The van der Waals surface area contributed by atoms with Crippen LogP contribution in [0.3, 0.4) is 0 Å². The third kappa shape index (κ3) is 1.92. The highest BCUT2D eigenvalue weighted by Gasteiger charge is 2.00. The topological polar surface area (TPSA) is 63.9 Å². The Labute approximate surface area is 98.1 Å². The molecule has 3 aromatic rings. The molecule has 0 unspecified atom stereocenters. The average molecular weight is 225 g/mol. The van der Waals surface area contributed by atoms with Crippen LogP contribution in [0.15, 0.2) is 48.8 Å². The molecule has 17 heavy (non-hydrogen) atoms. The van der Waals surface area contributed by atoms with E-state index in [9.17, 15) is 0 Å². The molecule has 2 aromatic carbocycles. The van der Waals surface area contributed by atoms with Crippen molar-refractivity contribution in [1.29, 1.82) is 0 Å². The van der Waals surface area contributed by atoms with E-state index < -0.39 is 0 Å². The van der Waals surface area contributed by atoms with E-state index in [4.69, 9.17) is 10.5 Å². The number of ether oxygens (including phenoxy) is 1. The van der Waals surface area contributed by atoms with Gasteiger partial charge >= 0.3 is 0 Å². The van der Waals surface area contributed by atoms with Crippen LogP contribution in [0.1, 0.15) is 0 Å². The Morgan fingerprint density at radius 1 is 1.00 bits per heavy atom. The molecule has 0 aliphatic rings. The van der Waals surface area contributed by atoms with E-state index in [1.807, 2.05) is 42.5 Å². The normalized spacial score (nSPS) is 10.6. The molecule has 0 atom stereocenters. The number of rotatable bonds is 2. The third-order valence-corrected chi connectivity index (χ3v) is 2.51. The van der Waals surface area contributed by atoms with Gasteiger partial charge in [0.05, 0.1) is 17.4 Å². The lowest BCUT2D eigenvalue weighted by Crippen LogP contribution is -1.86. The smallest absolute Gasteiger partial charge is 0.129 e. The molecule has 0 radical (unpaired) electrons. The zero-order chi connectivity index (χ0) is 11.7. The van der Waals surface area contributed by atoms with Crippen molar-refractivity contribution in [2.75, 3.05) is 5.73 Å². The average Bonchev–Trinajstić information content (AvgIpc) is 2.79. The van der Waals surface area contributed by atoms with Gasteiger partial charge in [-0.05, 0) is 36.4 Å². The van der Waals surface area contributed by atoms with Gasteiger partial charge in [-0.3, -0.25) is 0 Å². The highest BCUT2D eigenvalue weighted by Crippen LogP contribution is 2.24. The third-order valence-electron chi connectivity index (χ3n) is 2.51. The molecule has 0 saturated carbocycles. The van der Waals surface area contributed by atoms with E-state index in [0.29, 0.717) is 0 Å². The number of H-pyrrole nitrogens is 1. The largest absolute Gasteiger partial charge is 0.457 e. The molecule has 84 valence electrons. The first-order valence-corrected chi connectivity index (χ1v) is 5.28. The second-order valence-electron chi connectivity index (χ2n) is 3.75. The van der Waals surface area contributed by atoms with Gasteiger partial charge < -0.3 is 15.5 Å². The van der Waals surface area contributed by atoms with Crippen molar-refractivity contribution in [3.05, 3.63) is 48.8 Å². The molecule has 3 N–H and O–H groups in total. The van der Waals surface area contributed by atoms with Crippen molar-refractivity contribution in [2.24, 2.45) is 0 Å². The molecule has 0 saturated heterocycles. The molecule has 0 amide bonds. The summed E-state index contributed by atoms with van der Waals surface area (Å²) in [4.78, 5) is 7.19. The van der Waals surface area contributed by atoms with Crippen molar-refractivity contribution in [2.45, 2.75) is 0 Å². The number of nitrogen functional groups attached to an aromatic ring is 1. The summed E-state index contributed by atoms with van der Waals surface area (Å²) in [6.07, 6.45) is 1.66. The fraction of sp³-hybridized carbons (Fsp3) is 0. The van der Waals surface area contributed by atoms with Crippen molar-refractivity contribution in [1.82, 2.24) is 9.97 Å². The van der Waals surface area contributed by atoms with E-state index in [2.05, 4.69) is 9.97 Å². The maximum absolute atomic E-state index is 5.71. The van der Waals surface area contributed by atoms with E-state index in [1.54, 1.807) is 6.33 Å². The Morgan fingerprint density at radius 2 is 1.76 bits per heavy atom. The van der Waals surface area contributed by atoms with E-state index in [1.165, 1.54) is 0 Å². The Hall–Kier alpha value is -2.49. The van der Waals surface area contributed by atoms with Crippen LogP contribution in [0.2, 0.25) is 0 Å². The molecule has 0 bridgehead atoms. The van der Waals surface area contributed by atoms with Gasteiger partial charge in [0.15, 0.2) is 0 Å². The minimum Gasteiger partial charge on any atom is -0.457 e. The quantitative estimate of drug-likeness (QED) is 0.659. The minimum atomic E-state index is 0.723. The van der Waals surface area contributed by atoms with Gasteiger partial charge in [-0.1, -0.05) is 0 Å². The first kappa shape index (κ1) is 9.72. The highest BCUT2D eigenvalue weighted by atomic mass is 16.5. The molecular weight excluding hydrogens is 214 g/mol. The van der Waals surface area contributed by atoms with Crippen molar-refractivity contribution < 1.29 is 4.74 Å². The van der Waals surface area contributed by atoms with E-state index >= 15 is 0 Å². The van der Waals surface area contributed by atoms with Crippen LogP contribution in [0.25, 0.3) is 11.0 Å². The summed E-state index contributed by atoms with van der Waals surface area (Å²) in [6.45, 7) is 0. The maximum atomic E-state index is 5.71. The standard InChI is InChI=1S/C13H11N3O/c14-9-1-3-10(4-2-9)17-11-5-6-12-13(7-11)16-8-15-12/h1-8H,14H2,(H,15,16). The van der Waals surface area contributed by atoms with Crippen LogP contribution < -0.4 is 10.5 Å². The first-order chi connectivity index (χ1) is 8.31. The lowest BCUT2D eigenvalue weighted by molar-refractivity contribution is 0.483. The van der Waals surface area contributed by atoms with Gasteiger partial charge in [-0.2, -0.15) is 0 Å². The zero-order valence-corrected chi connectivity index (χ0v) is 9.05. The predicted molar refractivity (Wildman–Crippen MR) is 67.0 cm³/mol. The molecule has 1 aromatic heterocycles. The Balaban J connectivity index is 1.91. The number of hydrogen-bond acceptors (Lipinski definition) is 3. The van der Waals surface area contributed by atoms with Crippen LogP contribution >= 0.6 is 0 Å². The Bertz CT molecular complexity index is 643. The lowest BCUT2D eigenvalue weighted by Gasteiger charge is -2.05. The van der Waals surface area contributed by atoms with Gasteiger partial charge in [0.25, 0.3) is 0 Å². The van der Waals surface area contributed by atoms with Gasteiger partial charge in [-0.15, -0.1) is 0 Å². The number of imidazole rings is 1. The van der Waals surface area contributed by atoms with Gasteiger partial charge in [-0.25, -0.2) is 4.98 Å². The summed E-state index contributed by atoms with van der Waals surface area (Å²) in [5.41, 5.74) is 8.22. The number of hydrogen-bond donors (Lipinski definition) is 2. The monoisotopic (exact) mass is 225 g/mol. The first-order valence-electron chi connectivity index (χ1n) is 5.28. The van der Waals surface area contributed by atoms with Gasteiger partial charge in [0.1, 0.15) is 11.5 Å². The van der Waals surface area contributed by atoms with Gasteiger partial charge in [0.2, 0.25) is 0 Å². The molecule has 0 fully saturated rings. The zero-order valence-electron chi connectivity index (χ0n) is 9.05. The minimum absolute atomic E-state index is 0.723. The number of nitrogens with zero attached hydrogens (tertiary/aromatic N) is 1. The molecule has 3 rings (SSSR count). The molecule has 0 spiro atoms. The highest BCUT2D eigenvalue weighted by molar-refractivity contribution is 5.76. The molecule has 4 nitrogen and oxygen atoms in total. The van der Waals surface area contributed by atoms with Crippen molar-refractivity contribution in [3.8, 4) is 11.5 Å². The van der Waals surface area contributed by atoms with Crippen LogP contribution in [0.4, 0.5) is 5.69 Å². The van der Waals surface area contributed by atoms with Crippen LogP contribution in [-0.4, -0.2) is 9.97 Å². The van der Waals surface area contributed by atoms with Crippen LogP contribution in [0, 0.1) is 0 Å². The molecule has 1 heterocycles. The lowest BCUT2D eigenvalue weighted by atomic mass is 10.3. The summed E-state index contributed by atoms with van der Waals surface area (Å²) in [5, 5.41) is 0. The SMILES string of the molecule is Nc1ccc(Oc2ccc3nc[nH]c3c2)cc1. The Morgan fingerprint density at radius 3 is 2.59 bits per heavy atom. The summed E-state index contributed by atoms with van der Waals surface area (Å²) in [5.74, 6) is 1.53. The summed E-state index contributed by atoms with van der Waals surface area (Å²) >= 11 is 0. The number of fused-ring (bicyclic) bond motifs is 1.